The molecule has 0 saturated heterocycles. The minimum Gasteiger partial charge on any atom is -0.452 e. The Morgan fingerprint density at radius 2 is 0.804 bits per heavy atom. The van der Waals surface area contributed by atoms with Crippen LogP contribution in [0.5, 0.6) is 0 Å². The Labute approximate surface area is 320 Å². The molecular formula is C52H32N2O2. The van der Waals surface area contributed by atoms with Crippen molar-refractivity contribution in [3.63, 3.8) is 0 Å². The second kappa shape index (κ2) is 10.7. The first-order chi connectivity index (χ1) is 27.6. The number of aromatic nitrogens is 2. The van der Waals surface area contributed by atoms with Gasteiger partial charge in [0.15, 0.2) is 22.3 Å². The summed E-state index contributed by atoms with van der Waals surface area (Å²) in [4.78, 5) is 0. The van der Waals surface area contributed by atoms with Gasteiger partial charge in [0, 0.05) is 10.8 Å². The van der Waals surface area contributed by atoms with Crippen LogP contribution in [0.3, 0.4) is 0 Å². The minimum absolute atomic E-state index is 0.835. The lowest BCUT2D eigenvalue weighted by Gasteiger charge is -2.12. The minimum atomic E-state index is 0.835. The molecule has 0 bridgehead atoms. The zero-order valence-electron chi connectivity index (χ0n) is 30.7. The van der Waals surface area contributed by atoms with E-state index in [2.05, 4.69) is 180 Å². The highest BCUT2D eigenvalue weighted by molar-refractivity contribution is 6.35. The molecule has 13 rings (SSSR count). The molecule has 0 aliphatic carbocycles. The largest absolute Gasteiger partial charge is 0.452 e. The van der Waals surface area contributed by atoms with Crippen molar-refractivity contribution in [2.45, 2.75) is 13.8 Å². The number of fused-ring (bicyclic) bond motifs is 14. The summed E-state index contributed by atoms with van der Waals surface area (Å²) in [5.74, 6) is 0. The molecule has 4 nitrogen and oxygen atoms in total. The molecule has 262 valence electrons. The number of para-hydroxylation sites is 4. The van der Waals surface area contributed by atoms with E-state index in [9.17, 15) is 0 Å². The number of aryl methyl sites for hydroxylation is 2. The lowest BCUT2D eigenvalue weighted by Crippen LogP contribution is -1.93. The first-order valence-corrected chi connectivity index (χ1v) is 19.3. The predicted octanol–water partition coefficient (Wildman–Crippen LogP) is 14.6. The summed E-state index contributed by atoms with van der Waals surface area (Å²) in [6, 6.07) is 57.0. The van der Waals surface area contributed by atoms with Crippen LogP contribution in [-0.4, -0.2) is 8.80 Å². The van der Waals surface area contributed by atoms with Gasteiger partial charge < -0.3 is 17.6 Å². The quantitative estimate of drug-likeness (QED) is 0.167. The zero-order chi connectivity index (χ0) is 36.8. The van der Waals surface area contributed by atoms with Gasteiger partial charge in [-0.3, -0.25) is 0 Å². The Kier molecular flexibility index (Phi) is 5.73. The fourth-order valence-corrected chi connectivity index (χ4v) is 9.92. The third kappa shape index (κ3) is 3.78. The van der Waals surface area contributed by atoms with Gasteiger partial charge in [0.2, 0.25) is 0 Å². The zero-order valence-corrected chi connectivity index (χ0v) is 30.7. The van der Waals surface area contributed by atoms with E-state index in [1.807, 2.05) is 0 Å². The number of nitrogens with zero attached hydrogens (tertiary/aromatic N) is 2. The van der Waals surface area contributed by atoms with Crippen molar-refractivity contribution in [1.82, 2.24) is 8.80 Å². The van der Waals surface area contributed by atoms with Gasteiger partial charge in [0.1, 0.15) is 11.0 Å². The van der Waals surface area contributed by atoms with Gasteiger partial charge in [-0.1, -0.05) is 109 Å². The lowest BCUT2D eigenvalue weighted by atomic mass is 9.92. The van der Waals surface area contributed by atoms with Crippen molar-refractivity contribution in [1.29, 1.82) is 0 Å². The van der Waals surface area contributed by atoms with E-state index in [0.717, 1.165) is 77.0 Å². The molecule has 0 amide bonds. The Bertz CT molecular complexity index is 3600. The molecule has 13 aromatic rings. The molecular weight excluding hydrogens is 685 g/mol. The van der Waals surface area contributed by atoms with Crippen LogP contribution in [0.25, 0.3) is 121 Å². The van der Waals surface area contributed by atoms with E-state index in [-0.39, 0.29) is 0 Å². The Hall–Kier alpha value is -7.30. The van der Waals surface area contributed by atoms with Gasteiger partial charge in [-0.05, 0) is 117 Å². The van der Waals surface area contributed by atoms with Gasteiger partial charge in [-0.25, -0.2) is 0 Å². The first kappa shape index (κ1) is 30.1. The van der Waals surface area contributed by atoms with Gasteiger partial charge in [-0.15, -0.1) is 0 Å². The van der Waals surface area contributed by atoms with E-state index in [1.54, 1.807) is 0 Å². The molecule has 56 heavy (non-hydrogen) atoms. The number of rotatable bonds is 2. The summed E-state index contributed by atoms with van der Waals surface area (Å²) in [5.41, 5.74) is 17.1. The summed E-state index contributed by atoms with van der Waals surface area (Å²) in [6.45, 7) is 4.43. The normalized spacial score (nSPS) is 12.5. The average molecular weight is 717 g/mol. The Morgan fingerprint density at radius 3 is 1.29 bits per heavy atom. The van der Waals surface area contributed by atoms with Gasteiger partial charge >= 0.3 is 0 Å². The molecule has 0 radical (unpaired) electrons. The van der Waals surface area contributed by atoms with Crippen LogP contribution in [0.15, 0.2) is 167 Å². The third-order valence-corrected chi connectivity index (χ3v) is 12.3. The van der Waals surface area contributed by atoms with Crippen LogP contribution < -0.4 is 0 Å². The Morgan fingerprint density at radius 1 is 0.375 bits per heavy atom. The maximum absolute atomic E-state index is 7.17. The van der Waals surface area contributed by atoms with Crippen molar-refractivity contribution in [3.05, 3.63) is 169 Å². The van der Waals surface area contributed by atoms with Crippen LogP contribution in [0.4, 0.5) is 0 Å². The van der Waals surface area contributed by atoms with Crippen LogP contribution in [-0.2, 0) is 0 Å². The molecule has 0 atom stereocenters. The van der Waals surface area contributed by atoms with Crippen molar-refractivity contribution in [2.24, 2.45) is 0 Å². The Balaban J connectivity index is 1.27. The van der Waals surface area contributed by atoms with Crippen molar-refractivity contribution in [3.8, 4) is 22.3 Å². The van der Waals surface area contributed by atoms with Gasteiger partial charge in [0.25, 0.3) is 0 Å². The van der Waals surface area contributed by atoms with E-state index in [1.165, 1.54) is 54.9 Å². The van der Waals surface area contributed by atoms with Crippen LogP contribution in [0.1, 0.15) is 11.1 Å². The second-order valence-corrected chi connectivity index (χ2v) is 15.3. The van der Waals surface area contributed by atoms with E-state index in [0.29, 0.717) is 0 Å². The highest BCUT2D eigenvalue weighted by Gasteiger charge is 2.28. The molecule has 0 fully saturated rings. The highest BCUT2D eigenvalue weighted by Crippen LogP contribution is 2.49. The van der Waals surface area contributed by atoms with Crippen LogP contribution in [0.2, 0.25) is 0 Å². The molecule has 0 unspecified atom stereocenters. The molecule has 4 aromatic heterocycles. The monoisotopic (exact) mass is 716 g/mol. The van der Waals surface area contributed by atoms with Gasteiger partial charge in [0.05, 0.1) is 32.8 Å². The number of benzene rings is 9. The fourth-order valence-electron chi connectivity index (χ4n) is 9.92. The summed E-state index contributed by atoms with van der Waals surface area (Å²) < 4.78 is 19.1. The standard InChI is InChI=1S/C52H32N2O2/c1-29-19-21-31-11-3-5-13-35(31)45(29)33-23-25-39-37(27-33)47-49-52(56-43-17-9-7-15-41(43)53(39)49)48-38-28-34(46-30(2)20-22-32-12-4-6-14-36(32)46)24-26-40(38)54-42-16-8-10-18-44(42)55-51(47)50(48)54/h3-28H,1-2H3. The lowest BCUT2D eigenvalue weighted by molar-refractivity contribution is 0.653. The number of hydrogen-bond donors (Lipinski definition) is 0. The van der Waals surface area contributed by atoms with Crippen molar-refractivity contribution < 1.29 is 8.83 Å². The van der Waals surface area contributed by atoms with Crippen LogP contribution in [0, 0.1) is 13.8 Å². The summed E-state index contributed by atoms with van der Waals surface area (Å²) in [5, 5.41) is 9.34. The van der Waals surface area contributed by atoms with Gasteiger partial charge in [-0.2, -0.15) is 0 Å². The van der Waals surface area contributed by atoms with E-state index >= 15 is 0 Å². The van der Waals surface area contributed by atoms with Crippen molar-refractivity contribution >= 4 is 98.5 Å². The maximum atomic E-state index is 7.17. The summed E-state index contributed by atoms with van der Waals surface area (Å²) in [6.07, 6.45) is 0. The molecule has 0 aliphatic heterocycles. The summed E-state index contributed by atoms with van der Waals surface area (Å²) in [7, 11) is 0. The highest BCUT2D eigenvalue weighted by atomic mass is 16.3. The van der Waals surface area contributed by atoms with Crippen LogP contribution >= 0.6 is 0 Å². The third-order valence-electron chi connectivity index (χ3n) is 12.3. The van der Waals surface area contributed by atoms with E-state index < -0.39 is 0 Å². The maximum Gasteiger partial charge on any atom is 0.162 e. The molecule has 0 N–H and O–H groups in total. The topological polar surface area (TPSA) is 35.1 Å². The molecule has 4 heterocycles. The molecule has 4 heteroatoms. The molecule has 9 aromatic carbocycles. The first-order valence-electron chi connectivity index (χ1n) is 19.3. The molecule has 0 saturated carbocycles. The number of hydrogen-bond acceptors (Lipinski definition) is 2. The predicted molar refractivity (Wildman–Crippen MR) is 233 cm³/mol. The SMILES string of the molecule is Cc1ccc2ccccc2c1-c1ccc2c(c1)c1c3oc4ccccc4n4c5ccc(-c6c(C)ccc7ccccc67)cc5c(c5oc6ccccc6n2c51)c34. The second-order valence-electron chi connectivity index (χ2n) is 15.3. The summed E-state index contributed by atoms with van der Waals surface area (Å²) >= 11 is 0. The fraction of sp³-hybridized carbons (Fsp3) is 0.0385. The molecule has 0 aliphatic rings. The molecule has 0 spiro atoms. The van der Waals surface area contributed by atoms with E-state index in [4.69, 9.17) is 8.83 Å². The smallest absolute Gasteiger partial charge is 0.162 e. The average Bonchev–Trinajstić information content (AvgIpc) is 3.77. The van der Waals surface area contributed by atoms with Crippen molar-refractivity contribution in [2.75, 3.05) is 0 Å².